The first-order chi connectivity index (χ1) is 12.6. The summed E-state index contributed by atoms with van der Waals surface area (Å²) in [6.07, 6.45) is 2.23. The van der Waals surface area contributed by atoms with Crippen LogP contribution in [0.4, 0.5) is 0 Å². The number of phenols is 1. The highest BCUT2D eigenvalue weighted by Crippen LogP contribution is 2.13. The van der Waals surface area contributed by atoms with Crippen molar-refractivity contribution in [2.24, 2.45) is 5.10 Å². The number of hydrogen-bond donors (Lipinski definition) is 3. The molecule has 0 aromatic heterocycles. The van der Waals surface area contributed by atoms with Gasteiger partial charge in [-0.2, -0.15) is 5.10 Å². The molecule has 7 heteroatoms. The molecule has 0 saturated heterocycles. The van der Waals surface area contributed by atoms with Crippen LogP contribution >= 0.6 is 0 Å². The number of amides is 2. The summed E-state index contributed by atoms with van der Waals surface area (Å²) >= 11 is 0. The number of rotatable bonds is 8. The number of ether oxygens (including phenoxy) is 1. The highest BCUT2D eigenvalue weighted by atomic mass is 16.5. The first-order valence-corrected chi connectivity index (χ1v) is 8.21. The van der Waals surface area contributed by atoms with E-state index in [9.17, 15) is 14.7 Å². The second kappa shape index (κ2) is 9.83. The molecule has 3 N–H and O–H groups in total. The molecule has 0 unspecified atom stereocenters. The van der Waals surface area contributed by atoms with Gasteiger partial charge in [0.1, 0.15) is 11.5 Å². The van der Waals surface area contributed by atoms with Crippen molar-refractivity contribution in [2.45, 2.75) is 13.3 Å². The summed E-state index contributed by atoms with van der Waals surface area (Å²) in [6.45, 7) is 2.41. The van der Waals surface area contributed by atoms with Crippen LogP contribution < -0.4 is 15.5 Å². The quantitative estimate of drug-likeness (QED) is 0.498. The summed E-state index contributed by atoms with van der Waals surface area (Å²) in [5.41, 5.74) is 3.19. The summed E-state index contributed by atoms with van der Waals surface area (Å²) in [7, 11) is 0. The Kier molecular flexibility index (Phi) is 7.17. The van der Waals surface area contributed by atoms with Gasteiger partial charge < -0.3 is 15.2 Å². The summed E-state index contributed by atoms with van der Waals surface area (Å²) in [5.74, 6) is -0.0930. The number of benzene rings is 2. The number of hydrogen-bond acceptors (Lipinski definition) is 5. The van der Waals surface area contributed by atoms with Gasteiger partial charge in [0.15, 0.2) is 0 Å². The fourth-order valence-corrected chi connectivity index (χ4v) is 2.00. The Hall–Kier alpha value is -3.35. The van der Waals surface area contributed by atoms with E-state index in [1.165, 1.54) is 12.3 Å². The van der Waals surface area contributed by atoms with E-state index in [0.29, 0.717) is 23.5 Å². The third kappa shape index (κ3) is 5.94. The van der Waals surface area contributed by atoms with E-state index < -0.39 is 5.91 Å². The van der Waals surface area contributed by atoms with Gasteiger partial charge in [-0.05, 0) is 42.8 Å². The lowest BCUT2D eigenvalue weighted by Crippen LogP contribution is -2.34. The van der Waals surface area contributed by atoms with Gasteiger partial charge in [-0.3, -0.25) is 9.59 Å². The molecule has 2 amide bonds. The van der Waals surface area contributed by atoms with Crippen molar-refractivity contribution < 1.29 is 19.4 Å². The van der Waals surface area contributed by atoms with Gasteiger partial charge in [-0.1, -0.05) is 19.1 Å². The fraction of sp³-hybridized carbons (Fsp3) is 0.211. The van der Waals surface area contributed by atoms with E-state index in [-0.39, 0.29) is 18.2 Å². The van der Waals surface area contributed by atoms with E-state index in [2.05, 4.69) is 15.8 Å². The molecule has 0 fully saturated rings. The maximum absolute atomic E-state index is 12.0. The molecule has 0 aliphatic carbocycles. The topological polar surface area (TPSA) is 100 Å². The second-order valence-corrected chi connectivity index (χ2v) is 5.41. The van der Waals surface area contributed by atoms with E-state index in [0.717, 1.165) is 6.42 Å². The number of para-hydroxylation sites is 1. The molecular formula is C19H21N3O4. The lowest BCUT2D eigenvalue weighted by molar-refractivity contribution is -0.120. The summed E-state index contributed by atoms with van der Waals surface area (Å²) in [5, 5.41) is 15.8. The molecule has 2 rings (SSSR count). The molecule has 136 valence electrons. The van der Waals surface area contributed by atoms with Crippen molar-refractivity contribution in [3.63, 3.8) is 0 Å². The Balaban J connectivity index is 1.77. The van der Waals surface area contributed by atoms with Crippen molar-refractivity contribution in [3.05, 3.63) is 59.7 Å². The third-order valence-corrected chi connectivity index (χ3v) is 3.33. The molecule has 0 aliphatic rings. The Bertz CT molecular complexity index is 773. The fourth-order valence-electron chi connectivity index (χ4n) is 2.00. The van der Waals surface area contributed by atoms with Crippen LogP contribution in [0.1, 0.15) is 29.3 Å². The minimum atomic E-state index is -0.479. The molecule has 0 saturated carbocycles. The largest absolute Gasteiger partial charge is 0.507 e. The number of nitrogens with one attached hydrogen (secondary N) is 2. The van der Waals surface area contributed by atoms with Crippen molar-refractivity contribution >= 4 is 18.0 Å². The maximum atomic E-state index is 12.0. The van der Waals surface area contributed by atoms with Gasteiger partial charge in [0.05, 0.1) is 19.4 Å². The number of aromatic hydroxyl groups is 1. The summed E-state index contributed by atoms with van der Waals surface area (Å²) in [6, 6.07) is 13.3. The average molecular weight is 355 g/mol. The third-order valence-electron chi connectivity index (χ3n) is 3.33. The summed E-state index contributed by atoms with van der Waals surface area (Å²) < 4.78 is 5.45. The highest BCUT2D eigenvalue weighted by molar-refractivity contribution is 5.96. The molecular weight excluding hydrogens is 334 g/mol. The van der Waals surface area contributed by atoms with Crippen molar-refractivity contribution in [1.82, 2.24) is 10.7 Å². The Labute approximate surface area is 151 Å². The van der Waals surface area contributed by atoms with Crippen LogP contribution in [0.5, 0.6) is 11.5 Å². The SMILES string of the molecule is CCCOc1ccc(C(=O)NCC(=O)N/N=C\c2ccccc2O)cc1. The predicted octanol–water partition coefficient (Wildman–Crippen LogP) is 2.06. The van der Waals surface area contributed by atoms with Gasteiger partial charge in [0.25, 0.3) is 11.8 Å². The molecule has 2 aromatic rings. The monoisotopic (exact) mass is 355 g/mol. The van der Waals surface area contributed by atoms with E-state index >= 15 is 0 Å². The Morgan fingerprint density at radius 1 is 1.15 bits per heavy atom. The first-order valence-electron chi connectivity index (χ1n) is 8.21. The zero-order valence-corrected chi connectivity index (χ0v) is 14.4. The Morgan fingerprint density at radius 2 is 1.88 bits per heavy atom. The number of hydrazone groups is 1. The molecule has 2 aromatic carbocycles. The first kappa shape index (κ1) is 19.0. The standard InChI is InChI=1S/C19H21N3O4/c1-2-11-26-16-9-7-14(8-10-16)19(25)20-13-18(24)22-21-12-15-5-3-4-6-17(15)23/h3-10,12,23H,2,11,13H2,1H3,(H,20,25)(H,22,24)/b21-12-. The molecule has 0 spiro atoms. The van der Waals surface area contributed by atoms with Gasteiger partial charge in [-0.25, -0.2) is 5.43 Å². The second-order valence-electron chi connectivity index (χ2n) is 5.41. The zero-order valence-electron chi connectivity index (χ0n) is 14.4. The molecule has 0 atom stereocenters. The molecule has 0 bridgehead atoms. The van der Waals surface area contributed by atoms with Crippen molar-refractivity contribution in [2.75, 3.05) is 13.2 Å². The number of nitrogens with zero attached hydrogens (tertiary/aromatic N) is 1. The average Bonchev–Trinajstić information content (AvgIpc) is 2.66. The lowest BCUT2D eigenvalue weighted by atomic mass is 10.2. The highest BCUT2D eigenvalue weighted by Gasteiger charge is 2.08. The van der Waals surface area contributed by atoms with Gasteiger partial charge in [-0.15, -0.1) is 0 Å². The van der Waals surface area contributed by atoms with Gasteiger partial charge in [0, 0.05) is 11.1 Å². The van der Waals surface area contributed by atoms with Crippen LogP contribution in [0.3, 0.4) is 0 Å². The zero-order chi connectivity index (χ0) is 18.8. The number of carbonyl (C=O) groups excluding carboxylic acids is 2. The van der Waals surface area contributed by atoms with Crippen LogP contribution in [0.2, 0.25) is 0 Å². The minimum absolute atomic E-state index is 0.0603. The van der Waals surface area contributed by atoms with E-state index in [1.54, 1.807) is 42.5 Å². The Morgan fingerprint density at radius 3 is 2.58 bits per heavy atom. The smallest absolute Gasteiger partial charge is 0.259 e. The summed E-state index contributed by atoms with van der Waals surface area (Å²) in [4.78, 5) is 23.7. The maximum Gasteiger partial charge on any atom is 0.259 e. The molecule has 26 heavy (non-hydrogen) atoms. The van der Waals surface area contributed by atoms with Crippen molar-refractivity contribution in [1.29, 1.82) is 0 Å². The number of carbonyl (C=O) groups is 2. The van der Waals surface area contributed by atoms with Gasteiger partial charge >= 0.3 is 0 Å². The van der Waals surface area contributed by atoms with E-state index in [1.807, 2.05) is 6.92 Å². The normalized spacial score (nSPS) is 10.5. The van der Waals surface area contributed by atoms with Crippen LogP contribution in [0, 0.1) is 0 Å². The van der Waals surface area contributed by atoms with Crippen LogP contribution in [0.15, 0.2) is 53.6 Å². The van der Waals surface area contributed by atoms with Crippen molar-refractivity contribution in [3.8, 4) is 11.5 Å². The molecule has 7 nitrogen and oxygen atoms in total. The molecule has 0 heterocycles. The van der Waals surface area contributed by atoms with E-state index in [4.69, 9.17) is 4.74 Å². The number of phenolic OH excluding ortho intramolecular Hbond substituents is 1. The minimum Gasteiger partial charge on any atom is -0.507 e. The van der Waals surface area contributed by atoms with Gasteiger partial charge in [0.2, 0.25) is 0 Å². The van der Waals surface area contributed by atoms with Crippen LogP contribution in [-0.4, -0.2) is 36.3 Å². The van der Waals surface area contributed by atoms with Crippen LogP contribution in [-0.2, 0) is 4.79 Å². The van der Waals surface area contributed by atoms with Crippen LogP contribution in [0.25, 0.3) is 0 Å². The lowest BCUT2D eigenvalue weighted by Gasteiger charge is -2.07. The molecule has 0 aliphatic heterocycles. The molecule has 0 radical (unpaired) electrons. The predicted molar refractivity (Wildman–Crippen MR) is 98.4 cm³/mol.